The van der Waals surface area contributed by atoms with Crippen molar-refractivity contribution < 1.29 is 24.5 Å². The van der Waals surface area contributed by atoms with Crippen molar-refractivity contribution in [2.75, 3.05) is 0 Å². The minimum absolute atomic E-state index is 0. The van der Waals surface area contributed by atoms with E-state index in [-0.39, 0.29) is 20.1 Å². The molecule has 6 rings (SSSR count). The number of fused-ring (bicyclic) bond motifs is 3. The number of aromatic nitrogens is 3. The normalized spacial score (nSPS) is 12.1. The number of aryl methyl sites for hydroxylation is 1. The summed E-state index contributed by atoms with van der Waals surface area (Å²) in [6.07, 6.45) is 6.78. The SMILES string of the molecule is CC(C)C(C)c1ccnc(-c2[c-]ccc3c2oc2ncccc23)c1.CCc1cc(-c2[c-]cccc2)ncc1[Si](C)(C)C.[Ir]. The second kappa shape index (κ2) is 13.9. The Morgan fingerprint density at radius 2 is 1.63 bits per heavy atom. The van der Waals surface area contributed by atoms with E-state index in [1.807, 2.05) is 48.7 Å². The molecule has 0 bridgehead atoms. The van der Waals surface area contributed by atoms with Gasteiger partial charge in [0.2, 0.25) is 5.71 Å². The summed E-state index contributed by atoms with van der Waals surface area (Å²) >= 11 is 0. The molecule has 0 aliphatic carbocycles. The fourth-order valence-corrected chi connectivity index (χ4v) is 6.85. The summed E-state index contributed by atoms with van der Waals surface area (Å²) in [6.45, 7) is 16.1. The molecule has 6 aromatic rings. The number of nitrogens with zero attached hydrogens (tertiary/aromatic N) is 3. The molecule has 4 nitrogen and oxygen atoms in total. The van der Waals surface area contributed by atoms with Crippen molar-refractivity contribution in [2.45, 2.75) is 59.7 Å². The van der Waals surface area contributed by atoms with Crippen LogP contribution in [0.3, 0.4) is 0 Å². The van der Waals surface area contributed by atoms with Crippen LogP contribution in [0.2, 0.25) is 19.6 Å². The quantitative estimate of drug-likeness (QED) is 0.126. The third-order valence-corrected chi connectivity index (χ3v) is 10.0. The van der Waals surface area contributed by atoms with Crippen LogP contribution in [0.4, 0.5) is 0 Å². The monoisotopic (exact) mass is 762 g/mol. The second-order valence-corrected chi connectivity index (χ2v) is 17.2. The standard InChI is InChI=1S/C21H19N2O.C16H20NSi.Ir/c1-13(2)14(3)15-9-11-22-19(12-15)18-7-4-6-16-17-8-5-10-23-21(17)24-20(16)18;1-5-13-11-15(14-9-7-6-8-10-14)17-12-16(13)18(2,3)4;/h4-6,8-14H,1-3H3;6-9,11-12H,5H2,1-4H3;/q2*-1;. The molecular formula is C37H39IrN3OSi-2. The van der Waals surface area contributed by atoms with E-state index in [1.165, 1.54) is 16.3 Å². The number of furan rings is 1. The van der Waals surface area contributed by atoms with E-state index in [2.05, 4.69) is 105 Å². The van der Waals surface area contributed by atoms with Crippen molar-refractivity contribution in [1.29, 1.82) is 0 Å². The maximum absolute atomic E-state index is 6.00. The van der Waals surface area contributed by atoms with Gasteiger partial charge in [0.25, 0.3) is 0 Å². The first-order valence-electron chi connectivity index (χ1n) is 14.8. The Bertz CT molecular complexity index is 1810. The van der Waals surface area contributed by atoms with Crippen LogP contribution in [0, 0.1) is 18.1 Å². The fraction of sp³-hybridized carbons (Fsp3) is 0.270. The maximum atomic E-state index is 6.00. The van der Waals surface area contributed by atoms with E-state index in [0.717, 1.165) is 45.3 Å². The Hall–Kier alpha value is -3.44. The van der Waals surface area contributed by atoms with Crippen molar-refractivity contribution in [2.24, 2.45) is 5.92 Å². The van der Waals surface area contributed by atoms with Gasteiger partial charge in [-0.3, -0.25) is 0 Å². The number of rotatable bonds is 6. The molecule has 6 heteroatoms. The Kier molecular flexibility index (Phi) is 10.5. The molecule has 4 heterocycles. The van der Waals surface area contributed by atoms with Crippen molar-refractivity contribution in [1.82, 2.24) is 15.0 Å². The van der Waals surface area contributed by atoms with Crippen LogP contribution in [0.1, 0.15) is 44.7 Å². The summed E-state index contributed by atoms with van der Waals surface area (Å²) in [7, 11) is -1.30. The van der Waals surface area contributed by atoms with Gasteiger partial charge in [0.1, 0.15) is 0 Å². The topological polar surface area (TPSA) is 51.8 Å². The number of hydrogen-bond donors (Lipinski definition) is 0. The van der Waals surface area contributed by atoms with Gasteiger partial charge in [0.05, 0.1) is 13.7 Å². The number of hydrogen-bond acceptors (Lipinski definition) is 4. The molecule has 0 fully saturated rings. The van der Waals surface area contributed by atoms with Crippen LogP contribution < -0.4 is 5.19 Å². The summed E-state index contributed by atoms with van der Waals surface area (Å²) in [5.74, 6) is 1.05. The Morgan fingerprint density at radius 1 is 0.814 bits per heavy atom. The van der Waals surface area contributed by atoms with Gasteiger partial charge in [-0.25, -0.2) is 4.98 Å². The Labute approximate surface area is 270 Å². The molecule has 0 aliphatic heterocycles. The zero-order chi connectivity index (χ0) is 29.9. The second-order valence-electron chi connectivity index (χ2n) is 12.2. The third kappa shape index (κ3) is 7.21. The van der Waals surface area contributed by atoms with E-state index >= 15 is 0 Å². The summed E-state index contributed by atoms with van der Waals surface area (Å²) in [6, 6.07) is 29.0. The summed E-state index contributed by atoms with van der Waals surface area (Å²) in [5.41, 5.74) is 8.08. The molecule has 0 aliphatic rings. The van der Waals surface area contributed by atoms with Crippen molar-refractivity contribution >= 4 is 35.3 Å². The van der Waals surface area contributed by atoms with Gasteiger partial charge in [0, 0.05) is 44.1 Å². The van der Waals surface area contributed by atoms with E-state index in [1.54, 1.807) is 6.20 Å². The minimum atomic E-state index is -1.30. The third-order valence-electron chi connectivity index (χ3n) is 7.94. The molecule has 1 atom stereocenters. The molecule has 0 saturated heterocycles. The van der Waals surface area contributed by atoms with Gasteiger partial charge < -0.3 is 14.4 Å². The van der Waals surface area contributed by atoms with Crippen LogP contribution >= 0.6 is 0 Å². The van der Waals surface area contributed by atoms with Gasteiger partial charge in [-0.1, -0.05) is 81.5 Å². The summed E-state index contributed by atoms with van der Waals surface area (Å²) in [4.78, 5) is 13.5. The molecule has 0 saturated carbocycles. The van der Waals surface area contributed by atoms with Crippen molar-refractivity contribution in [3.05, 3.63) is 109 Å². The molecule has 1 radical (unpaired) electrons. The molecule has 0 spiro atoms. The first-order chi connectivity index (χ1) is 20.2. The average molecular weight is 762 g/mol. The van der Waals surface area contributed by atoms with Gasteiger partial charge in [-0.2, -0.15) is 0 Å². The molecule has 43 heavy (non-hydrogen) atoms. The molecule has 0 N–H and O–H groups in total. The molecule has 1 unspecified atom stereocenters. The van der Waals surface area contributed by atoms with Gasteiger partial charge in [-0.15, -0.1) is 54.1 Å². The largest absolute Gasteiger partial charge is 0.486 e. The smallest absolute Gasteiger partial charge is 0.216 e. The van der Waals surface area contributed by atoms with Crippen molar-refractivity contribution in [3.8, 4) is 22.5 Å². The van der Waals surface area contributed by atoms with Crippen LogP contribution in [0.25, 0.3) is 44.6 Å². The molecule has 2 aromatic carbocycles. The maximum Gasteiger partial charge on any atom is 0.216 e. The summed E-state index contributed by atoms with van der Waals surface area (Å²) in [5, 5.41) is 3.55. The van der Waals surface area contributed by atoms with Crippen molar-refractivity contribution in [3.63, 3.8) is 0 Å². The number of pyridine rings is 3. The Morgan fingerprint density at radius 3 is 2.33 bits per heavy atom. The van der Waals surface area contributed by atoms with E-state index < -0.39 is 8.07 Å². The summed E-state index contributed by atoms with van der Waals surface area (Å²) < 4.78 is 6.00. The predicted molar refractivity (Wildman–Crippen MR) is 178 cm³/mol. The molecule has 0 amide bonds. The Balaban J connectivity index is 0.000000201. The van der Waals surface area contributed by atoms with Crippen LogP contribution in [-0.2, 0) is 26.5 Å². The number of benzene rings is 2. The fourth-order valence-electron chi connectivity index (χ4n) is 5.18. The molecule has 4 aromatic heterocycles. The predicted octanol–water partition coefficient (Wildman–Crippen LogP) is 9.26. The van der Waals surface area contributed by atoms with Gasteiger partial charge in [-0.05, 0) is 53.0 Å². The van der Waals surface area contributed by atoms with Crippen LogP contribution in [0.15, 0.2) is 89.7 Å². The van der Waals surface area contributed by atoms with E-state index in [4.69, 9.17) is 4.42 Å². The first-order valence-corrected chi connectivity index (χ1v) is 18.3. The van der Waals surface area contributed by atoms with Crippen LogP contribution in [0.5, 0.6) is 0 Å². The molecular weight excluding hydrogens is 723 g/mol. The zero-order valence-electron chi connectivity index (χ0n) is 26.0. The molecule has 223 valence electrons. The van der Waals surface area contributed by atoms with Crippen LogP contribution in [-0.4, -0.2) is 23.0 Å². The van der Waals surface area contributed by atoms with Gasteiger partial charge >= 0.3 is 0 Å². The first kappa shape index (κ1) is 32.5. The zero-order valence-corrected chi connectivity index (χ0v) is 29.4. The van der Waals surface area contributed by atoms with E-state index in [0.29, 0.717) is 17.5 Å². The van der Waals surface area contributed by atoms with E-state index in [9.17, 15) is 0 Å². The van der Waals surface area contributed by atoms with Gasteiger partial charge in [0.15, 0.2) is 0 Å². The minimum Gasteiger partial charge on any atom is -0.486 e. The average Bonchev–Trinajstić information content (AvgIpc) is 3.39.